The van der Waals surface area contributed by atoms with Gasteiger partial charge in [0.1, 0.15) is 11.6 Å². The van der Waals surface area contributed by atoms with Crippen LogP contribution < -0.4 is 10.8 Å². The van der Waals surface area contributed by atoms with Crippen LogP contribution in [0, 0.1) is 5.92 Å². The van der Waals surface area contributed by atoms with Crippen molar-refractivity contribution in [1.29, 1.82) is 0 Å². The first-order valence-electron chi connectivity index (χ1n) is 12.5. The molecule has 1 aliphatic heterocycles. The SMILES string of the molecule is CC(C)(C)OC(=O)[C@@H](NCC=Cc1ccc(B2OC(C)(C)C(C)(C)O2)cc1)C1CCCCC1. The van der Waals surface area contributed by atoms with Crippen LogP contribution in [0.2, 0.25) is 0 Å². The van der Waals surface area contributed by atoms with Crippen molar-refractivity contribution in [3.8, 4) is 0 Å². The summed E-state index contributed by atoms with van der Waals surface area (Å²) >= 11 is 0. The van der Waals surface area contributed by atoms with Crippen LogP contribution in [0.1, 0.15) is 86.1 Å². The number of ether oxygens (including phenoxy) is 1. The highest BCUT2D eigenvalue weighted by Crippen LogP contribution is 2.36. The number of carbonyl (C=O) groups is 1. The number of carbonyl (C=O) groups excluding carboxylic acids is 1. The molecule has 1 aromatic rings. The lowest BCUT2D eigenvalue weighted by Crippen LogP contribution is -2.46. The van der Waals surface area contributed by atoms with Gasteiger partial charge in [-0.1, -0.05) is 55.7 Å². The first kappa shape index (κ1) is 26.0. The molecule has 6 heteroatoms. The van der Waals surface area contributed by atoms with Gasteiger partial charge < -0.3 is 19.4 Å². The quantitative estimate of drug-likeness (QED) is 0.469. The monoisotopic (exact) mass is 455 g/mol. The minimum Gasteiger partial charge on any atom is -0.459 e. The smallest absolute Gasteiger partial charge is 0.459 e. The largest absolute Gasteiger partial charge is 0.494 e. The van der Waals surface area contributed by atoms with Gasteiger partial charge in [-0.2, -0.15) is 0 Å². The van der Waals surface area contributed by atoms with Gasteiger partial charge in [-0.05, 0) is 78.3 Å². The summed E-state index contributed by atoms with van der Waals surface area (Å²) in [6.07, 6.45) is 9.96. The average Bonchev–Trinajstić information content (AvgIpc) is 2.95. The molecule has 1 atom stereocenters. The molecule has 0 unspecified atom stereocenters. The van der Waals surface area contributed by atoms with E-state index >= 15 is 0 Å². The van der Waals surface area contributed by atoms with E-state index in [-0.39, 0.29) is 30.3 Å². The van der Waals surface area contributed by atoms with Crippen LogP contribution in [0.3, 0.4) is 0 Å². The van der Waals surface area contributed by atoms with Gasteiger partial charge in [-0.15, -0.1) is 0 Å². The molecule has 0 spiro atoms. The molecule has 5 nitrogen and oxygen atoms in total. The molecule has 0 aromatic heterocycles. The Labute approximate surface area is 200 Å². The Morgan fingerprint density at radius 2 is 1.67 bits per heavy atom. The number of hydrogen-bond acceptors (Lipinski definition) is 5. The maximum Gasteiger partial charge on any atom is 0.494 e. The Kier molecular flexibility index (Phi) is 8.13. The second kappa shape index (κ2) is 10.3. The lowest BCUT2D eigenvalue weighted by Gasteiger charge is -2.32. The Morgan fingerprint density at radius 1 is 1.09 bits per heavy atom. The molecule has 182 valence electrons. The number of nitrogens with one attached hydrogen (secondary N) is 1. The van der Waals surface area contributed by atoms with E-state index in [0.717, 1.165) is 23.9 Å². The lowest BCUT2D eigenvalue weighted by molar-refractivity contribution is -0.159. The maximum atomic E-state index is 12.8. The zero-order valence-corrected chi connectivity index (χ0v) is 21.6. The predicted octanol–water partition coefficient (Wildman–Crippen LogP) is 4.88. The van der Waals surface area contributed by atoms with Crippen molar-refractivity contribution < 1.29 is 18.8 Å². The standard InChI is InChI=1S/C27H42BNO4/c1-25(2,3)31-24(30)23(21-13-9-8-10-14-21)29-19-11-12-20-15-17-22(18-16-20)28-32-26(4,5)27(6,7)33-28/h11-12,15-18,21,23,29H,8-10,13-14,19H2,1-7H3/t23-/m0/s1. The third-order valence-corrected chi connectivity index (χ3v) is 7.01. The fourth-order valence-corrected chi connectivity index (χ4v) is 4.41. The summed E-state index contributed by atoms with van der Waals surface area (Å²) in [5.74, 6) is 0.218. The summed E-state index contributed by atoms with van der Waals surface area (Å²) in [4.78, 5) is 12.8. The van der Waals surface area contributed by atoms with E-state index in [2.05, 4.69) is 69.4 Å². The van der Waals surface area contributed by atoms with Gasteiger partial charge in [0.05, 0.1) is 11.2 Å². The Balaban J connectivity index is 1.57. The summed E-state index contributed by atoms with van der Waals surface area (Å²) in [6.45, 7) is 14.7. The third-order valence-electron chi connectivity index (χ3n) is 7.01. The van der Waals surface area contributed by atoms with Crippen molar-refractivity contribution in [2.75, 3.05) is 6.54 Å². The fraction of sp³-hybridized carbons (Fsp3) is 0.667. The van der Waals surface area contributed by atoms with Gasteiger partial charge in [0.2, 0.25) is 0 Å². The van der Waals surface area contributed by atoms with E-state index < -0.39 is 5.60 Å². The highest BCUT2D eigenvalue weighted by atomic mass is 16.7. The van der Waals surface area contributed by atoms with E-state index in [9.17, 15) is 4.79 Å². The minimum absolute atomic E-state index is 0.130. The van der Waals surface area contributed by atoms with E-state index in [4.69, 9.17) is 14.0 Å². The highest BCUT2D eigenvalue weighted by molar-refractivity contribution is 6.62. The summed E-state index contributed by atoms with van der Waals surface area (Å²) in [5.41, 5.74) is 0.964. The normalized spacial score (nSPS) is 22.0. The third kappa shape index (κ3) is 6.94. The van der Waals surface area contributed by atoms with Crippen molar-refractivity contribution in [2.24, 2.45) is 5.92 Å². The molecule has 1 heterocycles. The molecule has 2 fully saturated rings. The zero-order valence-electron chi connectivity index (χ0n) is 21.6. The van der Waals surface area contributed by atoms with Gasteiger partial charge in [0, 0.05) is 6.54 Å². The molecule has 2 aliphatic rings. The molecule has 33 heavy (non-hydrogen) atoms. The number of esters is 1. The van der Waals surface area contributed by atoms with Gasteiger partial charge in [-0.25, -0.2) is 0 Å². The van der Waals surface area contributed by atoms with Crippen LogP contribution in [0.5, 0.6) is 0 Å². The number of rotatable bonds is 7. The second-order valence-electron chi connectivity index (χ2n) is 11.5. The molecule has 1 saturated carbocycles. The van der Waals surface area contributed by atoms with E-state index in [1.54, 1.807) is 0 Å². The van der Waals surface area contributed by atoms with Gasteiger partial charge in [0.15, 0.2) is 0 Å². The van der Waals surface area contributed by atoms with Crippen molar-refractivity contribution in [3.05, 3.63) is 35.9 Å². The van der Waals surface area contributed by atoms with Crippen LogP contribution in [0.15, 0.2) is 30.3 Å². The van der Waals surface area contributed by atoms with Crippen molar-refractivity contribution in [1.82, 2.24) is 5.32 Å². The molecule has 1 N–H and O–H groups in total. The molecule has 1 aromatic carbocycles. The number of hydrogen-bond donors (Lipinski definition) is 1. The first-order chi connectivity index (χ1) is 15.4. The van der Waals surface area contributed by atoms with Crippen molar-refractivity contribution >= 4 is 24.6 Å². The summed E-state index contributed by atoms with van der Waals surface area (Å²) in [7, 11) is -0.347. The molecule has 0 amide bonds. The zero-order chi connectivity index (χ0) is 24.3. The topological polar surface area (TPSA) is 56.8 Å². The fourth-order valence-electron chi connectivity index (χ4n) is 4.41. The molecule has 0 radical (unpaired) electrons. The van der Waals surface area contributed by atoms with E-state index in [1.165, 1.54) is 19.3 Å². The lowest BCUT2D eigenvalue weighted by atomic mass is 9.79. The van der Waals surface area contributed by atoms with Crippen molar-refractivity contribution in [3.63, 3.8) is 0 Å². The Bertz CT molecular complexity index is 804. The van der Waals surface area contributed by atoms with Crippen molar-refractivity contribution in [2.45, 2.75) is 103 Å². The molecule has 0 bridgehead atoms. The van der Waals surface area contributed by atoms with E-state index in [0.29, 0.717) is 12.5 Å². The van der Waals surface area contributed by atoms with Crippen LogP contribution in [0.4, 0.5) is 0 Å². The van der Waals surface area contributed by atoms with Gasteiger partial charge in [-0.3, -0.25) is 4.79 Å². The summed E-state index contributed by atoms with van der Waals surface area (Å²) in [6, 6.07) is 8.01. The first-order valence-corrected chi connectivity index (χ1v) is 12.5. The minimum atomic E-state index is -0.472. The van der Waals surface area contributed by atoms with Crippen LogP contribution in [0.25, 0.3) is 6.08 Å². The molecule has 3 rings (SSSR count). The van der Waals surface area contributed by atoms with E-state index in [1.807, 2.05) is 20.8 Å². The van der Waals surface area contributed by atoms with Crippen LogP contribution in [-0.2, 0) is 18.8 Å². The summed E-state index contributed by atoms with van der Waals surface area (Å²) < 4.78 is 18.0. The van der Waals surface area contributed by atoms with Gasteiger partial charge in [0.25, 0.3) is 0 Å². The molecule has 1 aliphatic carbocycles. The highest BCUT2D eigenvalue weighted by Gasteiger charge is 2.51. The predicted molar refractivity (Wildman–Crippen MR) is 135 cm³/mol. The van der Waals surface area contributed by atoms with Crippen LogP contribution >= 0.6 is 0 Å². The molecular weight excluding hydrogens is 413 g/mol. The number of benzene rings is 1. The maximum absolute atomic E-state index is 12.8. The average molecular weight is 455 g/mol. The van der Waals surface area contributed by atoms with Gasteiger partial charge >= 0.3 is 13.1 Å². The Hall–Kier alpha value is -1.63. The Morgan fingerprint density at radius 3 is 2.21 bits per heavy atom. The molecule has 1 saturated heterocycles. The second-order valence-corrected chi connectivity index (χ2v) is 11.5. The van der Waals surface area contributed by atoms with Crippen LogP contribution in [-0.4, -0.2) is 42.5 Å². The molecular formula is C27H42BNO4. The summed E-state index contributed by atoms with van der Waals surface area (Å²) in [5, 5.41) is 3.45.